The van der Waals surface area contributed by atoms with Crippen molar-refractivity contribution in [2.75, 3.05) is 0 Å². The van der Waals surface area contributed by atoms with Crippen molar-refractivity contribution >= 4 is 34.2 Å². The monoisotopic (exact) mass is 366 g/mol. The Morgan fingerprint density at radius 1 is 0.840 bits per heavy atom. The first-order valence-corrected chi connectivity index (χ1v) is 8.59. The molecule has 25 heavy (non-hydrogen) atoms. The molecule has 0 aliphatic heterocycles. The number of nitrogens with two attached hydrogens (primary N) is 1. The van der Waals surface area contributed by atoms with Crippen LogP contribution in [0.2, 0.25) is 10.0 Å². The summed E-state index contributed by atoms with van der Waals surface area (Å²) in [6.07, 6.45) is 0. The second kappa shape index (κ2) is 6.57. The van der Waals surface area contributed by atoms with Crippen LogP contribution >= 0.6 is 23.2 Å². The second-order valence-corrected chi connectivity index (χ2v) is 6.68. The average molecular weight is 367 g/mol. The summed E-state index contributed by atoms with van der Waals surface area (Å²) in [5.41, 5.74) is 10.6. The number of benzene rings is 3. The molecule has 1 heterocycles. The number of hydrogen-bond acceptors (Lipinski definition) is 2. The van der Waals surface area contributed by atoms with Gasteiger partial charge in [-0.25, -0.2) is 0 Å². The van der Waals surface area contributed by atoms with Crippen molar-refractivity contribution in [2.24, 2.45) is 5.73 Å². The van der Waals surface area contributed by atoms with Crippen molar-refractivity contribution in [3.05, 3.63) is 82.5 Å². The van der Waals surface area contributed by atoms with Crippen molar-refractivity contribution in [3.63, 3.8) is 0 Å². The number of fused-ring (bicyclic) bond motifs is 1. The van der Waals surface area contributed by atoms with Gasteiger partial charge in [-0.1, -0.05) is 47.5 Å². The molecule has 0 saturated heterocycles. The number of furan rings is 1. The van der Waals surface area contributed by atoms with Crippen LogP contribution in [-0.2, 0) is 6.54 Å². The minimum atomic E-state index is 0.347. The molecule has 0 amide bonds. The van der Waals surface area contributed by atoms with Crippen molar-refractivity contribution in [1.29, 1.82) is 0 Å². The van der Waals surface area contributed by atoms with Crippen molar-refractivity contribution in [1.82, 2.24) is 0 Å². The Labute approximate surface area is 155 Å². The van der Waals surface area contributed by atoms with Crippen LogP contribution < -0.4 is 5.73 Å². The van der Waals surface area contributed by atoms with Crippen LogP contribution in [0.15, 0.2) is 65.1 Å². The summed E-state index contributed by atoms with van der Waals surface area (Å²) in [6.45, 7) is 0.347. The molecule has 123 valence electrons. The maximum absolute atomic E-state index is 6.20. The molecular formula is C21H14Cl2NO. The smallest absolute Gasteiger partial charge is 0.142 e. The zero-order valence-corrected chi connectivity index (χ0v) is 14.7. The van der Waals surface area contributed by atoms with Crippen molar-refractivity contribution in [3.8, 4) is 22.3 Å². The maximum atomic E-state index is 6.20. The summed E-state index contributed by atoms with van der Waals surface area (Å²) in [5.74, 6) is 0.739. The third kappa shape index (κ3) is 3.16. The number of hydrogen-bond donors (Lipinski definition) is 1. The molecule has 0 saturated carbocycles. The van der Waals surface area contributed by atoms with Crippen LogP contribution in [-0.4, -0.2) is 0 Å². The fraction of sp³-hybridized carbons (Fsp3) is 0.0476. The van der Waals surface area contributed by atoms with Crippen LogP contribution in [0.5, 0.6) is 0 Å². The highest BCUT2D eigenvalue weighted by Gasteiger charge is 2.14. The van der Waals surface area contributed by atoms with Gasteiger partial charge in [0.2, 0.25) is 0 Å². The molecule has 0 fully saturated rings. The predicted octanol–water partition coefficient (Wildman–Crippen LogP) is 6.33. The molecule has 0 aliphatic carbocycles. The molecule has 2 nitrogen and oxygen atoms in total. The fourth-order valence-electron chi connectivity index (χ4n) is 2.98. The van der Waals surface area contributed by atoms with Gasteiger partial charge in [0.15, 0.2) is 0 Å². The van der Waals surface area contributed by atoms with Gasteiger partial charge in [-0.15, -0.1) is 0 Å². The SMILES string of the molecule is NCc1cc2cc(-c3cc[c]cc3)cc(-c3cc(Cl)cc(Cl)c3)c2o1. The molecule has 2 N–H and O–H groups in total. The van der Waals surface area contributed by atoms with E-state index < -0.39 is 0 Å². The van der Waals surface area contributed by atoms with Gasteiger partial charge in [-0.2, -0.15) is 0 Å². The molecule has 4 heteroatoms. The Morgan fingerprint density at radius 3 is 2.24 bits per heavy atom. The highest BCUT2D eigenvalue weighted by Crippen LogP contribution is 2.37. The molecular weight excluding hydrogens is 353 g/mol. The van der Waals surface area contributed by atoms with E-state index in [2.05, 4.69) is 18.2 Å². The average Bonchev–Trinajstić information content (AvgIpc) is 3.04. The van der Waals surface area contributed by atoms with Gasteiger partial charge in [0.1, 0.15) is 11.3 Å². The summed E-state index contributed by atoms with van der Waals surface area (Å²) in [6, 6.07) is 22.5. The van der Waals surface area contributed by atoms with Crippen molar-refractivity contribution in [2.45, 2.75) is 6.54 Å². The predicted molar refractivity (Wildman–Crippen MR) is 104 cm³/mol. The topological polar surface area (TPSA) is 39.2 Å². The van der Waals surface area contributed by atoms with Gasteiger partial charge in [0.05, 0.1) is 6.54 Å². The maximum Gasteiger partial charge on any atom is 0.142 e. The summed E-state index contributed by atoms with van der Waals surface area (Å²) in [5, 5.41) is 2.17. The standard InChI is InChI=1S/C21H14Cl2NO/c22-17-7-15(8-18(23)11-17)20-10-14(13-4-2-1-3-5-13)6-16-9-19(12-24)25-21(16)20/h2-11H,12,24H2. The van der Waals surface area contributed by atoms with Crippen LogP contribution in [0.4, 0.5) is 0 Å². The normalized spacial score (nSPS) is 11.2. The Balaban J connectivity index is 2.02. The lowest BCUT2D eigenvalue weighted by Crippen LogP contribution is -1.92. The minimum absolute atomic E-state index is 0.347. The number of halogens is 2. The second-order valence-electron chi connectivity index (χ2n) is 5.81. The molecule has 1 radical (unpaired) electrons. The van der Waals surface area contributed by atoms with E-state index >= 15 is 0 Å². The van der Waals surface area contributed by atoms with Gasteiger partial charge >= 0.3 is 0 Å². The van der Waals surface area contributed by atoms with E-state index in [9.17, 15) is 0 Å². The lowest BCUT2D eigenvalue weighted by atomic mass is 9.97. The van der Waals surface area contributed by atoms with Gasteiger partial charge in [-0.3, -0.25) is 0 Å². The van der Waals surface area contributed by atoms with Crippen LogP contribution in [0, 0.1) is 6.07 Å². The lowest BCUT2D eigenvalue weighted by Gasteiger charge is -2.09. The van der Waals surface area contributed by atoms with E-state index in [1.807, 2.05) is 42.5 Å². The first-order valence-electron chi connectivity index (χ1n) is 7.83. The zero-order valence-electron chi connectivity index (χ0n) is 13.2. The van der Waals surface area contributed by atoms with Crippen molar-refractivity contribution < 1.29 is 4.42 Å². The highest BCUT2D eigenvalue weighted by molar-refractivity contribution is 6.35. The summed E-state index contributed by atoms with van der Waals surface area (Å²) in [7, 11) is 0. The first kappa shape index (κ1) is 16.2. The largest absolute Gasteiger partial charge is 0.459 e. The molecule has 3 aromatic carbocycles. The molecule has 4 aromatic rings. The van der Waals surface area contributed by atoms with E-state index in [0.29, 0.717) is 16.6 Å². The molecule has 0 spiro atoms. The number of rotatable bonds is 3. The Morgan fingerprint density at radius 2 is 1.56 bits per heavy atom. The molecule has 1 aromatic heterocycles. The molecule has 0 atom stereocenters. The van der Waals surface area contributed by atoms with E-state index in [1.165, 1.54) is 0 Å². The van der Waals surface area contributed by atoms with E-state index in [-0.39, 0.29) is 0 Å². The minimum Gasteiger partial charge on any atom is -0.459 e. The van der Waals surface area contributed by atoms with E-state index in [0.717, 1.165) is 39.0 Å². The van der Waals surface area contributed by atoms with Crippen LogP contribution in [0.25, 0.3) is 33.2 Å². The van der Waals surface area contributed by atoms with Crippen LogP contribution in [0.3, 0.4) is 0 Å². The molecule has 0 bridgehead atoms. The van der Waals surface area contributed by atoms with Gasteiger partial charge in [0, 0.05) is 21.0 Å². The van der Waals surface area contributed by atoms with E-state index in [4.69, 9.17) is 33.4 Å². The molecule has 4 rings (SSSR count). The van der Waals surface area contributed by atoms with Crippen LogP contribution in [0.1, 0.15) is 5.76 Å². The Bertz CT molecular complexity index is 1030. The Hall–Kier alpha value is -2.26. The third-order valence-corrected chi connectivity index (χ3v) is 4.53. The third-order valence-electron chi connectivity index (χ3n) is 4.09. The lowest BCUT2D eigenvalue weighted by molar-refractivity contribution is 0.553. The highest BCUT2D eigenvalue weighted by atomic mass is 35.5. The zero-order chi connectivity index (χ0) is 17.4. The van der Waals surface area contributed by atoms with Gasteiger partial charge in [-0.05, 0) is 59.2 Å². The molecule has 0 aliphatic rings. The first-order chi connectivity index (χ1) is 12.1. The summed E-state index contributed by atoms with van der Waals surface area (Å²) >= 11 is 12.4. The summed E-state index contributed by atoms with van der Waals surface area (Å²) in [4.78, 5) is 0. The van der Waals surface area contributed by atoms with E-state index in [1.54, 1.807) is 6.07 Å². The molecule has 0 unspecified atom stereocenters. The Kier molecular flexibility index (Phi) is 4.26. The van der Waals surface area contributed by atoms with Gasteiger partial charge in [0.25, 0.3) is 0 Å². The van der Waals surface area contributed by atoms with Gasteiger partial charge < -0.3 is 10.2 Å². The fourth-order valence-corrected chi connectivity index (χ4v) is 3.50. The quantitative estimate of drug-likeness (QED) is 0.459. The summed E-state index contributed by atoms with van der Waals surface area (Å²) < 4.78 is 5.96.